The van der Waals surface area contributed by atoms with Crippen LogP contribution in [0.4, 0.5) is 0 Å². The summed E-state index contributed by atoms with van der Waals surface area (Å²) >= 11 is 0. The molecule has 0 saturated carbocycles. The molecule has 0 radical (unpaired) electrons. The lowest BCUT2D eigenvalue weighted by Crippen LogP contribution is -2.50. The van der Waals surface area contributed by atoms with Gasteiger partial charge in [-0.2, -0.15) is 0 Å². The Hall–Kier alpha value is -2.09. The smallest absolute Gasteiger partial charge is 0.303 e. The van der Waals surface area contributed by atoms with Crippen LogP contribution in [0.5, 0.6) is 0 Å². The Morgan fingerprint density at radius 1 is 1.28 bits per heavy atom. The van der Waals surface area contributed by atoms with Crippen molar-refractivity contribution in [3.8, 4) is 11.8 Å². The molecule has 1 aromatic carbocycles. The highest BCUT2D eigenvalue weighted by atomic mass is 16.5. The van der Waals surface area contributed by atoms with Crippen LogP contribution >= 0.6 is 0 Å². The van der Waals surface area contributed by atoms with Gasteiger partial charge in [-0.3, -0.25) is 4.79 Å². The van der Waals surface area contributed by atoms with Gasteiger partial charge < -0.3 is 14.9 Å². The maximum Gasteiger partial charge on any atom is 0.303 e. The van der Waals surface area contributed by atoms with Crippen molar-refractivity contribution in [2.24, 2.45) is 11.3 Å². The van der Waals surface area contributed by atoms with Gasteiger partial charge in [0.1, 0.15) is 6.61 Å². The van der Waals surface area contributed by atoms with E-state index in [4.69, 9.17) is 9.84 Å². The third-order valence-corrected chi connectivity index (χ3v) is 6.10. The van der Waals surface area contributed by atoms with E-state index in [1.807, 2.05) is 51.1 Å². The molecule has 3 atom stereocenters. The molecule has 0 saturated heterocycles. The highest BCUT2D eigenvalue weighted by Gasteiger charge is 2.48. The minimum absolute atomic E-state index is 0.0335. The highest BCUT2D eigenvalue weighted by molar-refractivity contribution is 5.66. The second-order valence-corrected chi connectivity index (χ2v) is 9.06. The summed E-state index contributed by atoms with van der Waals surface area (Å²) in [5, 5.41) is 20.4. The standard InChI is InChI=1S/C25H34O4/c1-18-8-10-21(11-9-18)7-6-14-29-22-16-20(3)25(28,24(4,5)17-22)13-12-19(2)15-23(26)27/h8-11,16,19,22,28H,12-15,17H2,1-5H3,(H,26,27)/t19?,22-,25-/m1/s1. The molecule has 0 spiro atoms. The van der Waals surface area contributed by atoms with Gasteiger partial charge in [-0.25, -0.2) is 0 Å². The van der Waals surface area contributed by atoms with E-state index in [-0.39, 0.29) is 23.9 Å². The largest absolute Gasteiger partial charge is 0.481 e. The van der Waals surface area contributed by atoms with Gasteiger partial charge in [-0.1, -0.05) is 56.4 Å². The van der Waals surface area contributed by atoms with Gasteiger partial charge in [0.2, 0.25) is 0 Å². The minimum atomic E-state index is -0.951. The molecule has 1 aromatic rings. The molecule has 0 aliphatic heterocycles. The van der Waals surface area contributed by atoms with E-state index in [2.05, 4.69) is 25.7 Å². The van der Waals surface area contributed by atoms with Crippen LogP contribution in [0.25, 0.3) is 0 Å². The molecular formula is C25H34O4. The summed E-state index contributed by atoms with van der Waals surface area (Å²) in [6.07, 6.45) is 3.96. The summed E-state index contributed by atoms with van der Waals surface area (Å²) in [5.74, 6) is 5.43. The van der Waals surface area contributed by atoms with E-state index in [0.717, 1.165) is 11.1 Å². The van der Waals surface area contributed by atoms with Crippen molar-refractivity contribution in [2.45, 2.75) is 72.0 Å². The first-order chi connectivity index (χ1) is 13.5. The first kappa shape index (κ1) is 23.2. The molecule has 2 rings (SSSR count). The molecule has 4 heteroatoms. The lowest BCUT2D eigenvalue weighted by molar-refractivity contribution is -0.138. The SMILES string of the molecule is CC1=C[C@@H](OCC#Cc2ccc(C)cc2)CC(C)(C)[C@@]1(O)CCC(C)CC(=O)O. The van der Waals surface area contributed by atoms with Crippen molar-refractivity contribution < 1.29 is 19.7 Å². The first-order valence-corrected chi connectivity index (χ1v) is 10.3. The van der Waals surface area contributed by atoms with Gasteiger partial charge in [0, 0.05) is 17.4 Å². The Morgan fingerprint density at radius 3 is 2.52 bits per heavy atom. The number of aliphatic carboxylic acids is 1. The zero-order chi connectivity index (χ0) is 21.7. The van der Waals surface area contributed by atoms with Crippen molar-refractivity contribution in [2.75, 3.05) is 6.61 Å². The Morgan fingerprint density at radius 2 is 1.93 bits per heavy atom. The highest BCUT2D eigenvalue weighted by Crippen LogP contribution is 2.48. The number of aryl methyl sites for hydroxylation is 1. The van der Waals surface area contributed by atoms with Crippen LogP contribution in [0.15, 0.2) is 35.9 Å². The summed E-state index contributed by atoms with van der Waals surface area (Å²) in [7, 11) is 0. The van der Waals surface area contributed by atoms with Crippen molar-refractivity contribution in [3.05, 3.63) is 47.0 Å². The molecule has 0 heterocycles. The molecule has 29 heavy (non-hydrogen) atoms. The van der Waals surface area contributed by atoms with Crippen molar-refractivity contribution in [1.82, 2.24) is 0 Å². The number of benzene rings is 1. The topological polar surface area (TPSA) is 66.8 Å². The predicted molar refractivity (Wildman–Crippen MR) is 116 cm³/mol. The minimum Gasteiger partial charge on any atom is -0.481 e. The van der Waals surface area contributed by atoms with Gasteiger partial charge in [0.25, 0.3) is 0 Å². The van der Waals surface area contributed by atoms with Crippen molar-refractivity contribution in [3.63, 3.8) is 0 Å². The molecule has 0 fully saturated rings. The molecule has 0 aromatic heterocycles. The van der Waals surface area contributed by atoms with Crippen LogP contribution in [0.3, 0.4) is 0 Å². The fourth-order valence-corrected chi connectivity index (χ4v) is 4.10. The van der Waals surface area contributed by atoms with E-state index in [0.29, 0.717) is 25.9 Å². The van der Waals surface area contributed by atoms with Gasteiger partial charge in [0.05, 0.1) is 11.7 Å². The molecular weight excluding hydrogens is 364 g/mol. The summed E-state index contributed by atoms with van der Waals surface area (Å²) < 4.78 is 5.97. The summed E-state index contributed by atoms with van der Waals surface area (Å²) in [4.78, 5) is 10.9. The van der Waals surface area contributed by atoms with E-state index >= 15 is 0 Å². The average molecular weight is 399 g/mol. The molecule has 1 aliphatic rings. The number of carboxylic acid groups (broad SMARTS) is 1. The van der Waals surface area contributed by atoms with Gasteiger partial charge in [-0.05, 0) is 56.7 Å². The number of hydrogen-bond donors (Lipinski definition) is 2. The Labute approximate surface area is 175 Å². The molecule has 4 nitrogen and oxygen atoms in total. The normalized spacial score (nSPS) is 24.2. The fraction of sp³-hybridized carbons (Fsp3) is 0.560. The van der Waals surface area contributed by atoms with Crippen LogP contribution in [0.1, 0.15) is 64.5 Å². The first-order valence-electron chi connectivity index (χ1n) is 10.3. The third-order valence-electron chi connectivity index (χ3n) is 6.10. The van der Waals surface area contributed by atoms with E-state index < -0.39 is 11.6 Å². The quantitative estimate of drug-likeness (QED) is 0.515. The molecule has 158 valence electrons. The molecule has 0 bridgehead atoms. The Balaban J connectivity index is 1.98. The van der Waals surface area contributed by atoms with Gasteiger partial charge >= 0.3 is 5.97 Å². The average Bonchev–Trinajstić information content (AvgIpc) is 2.62. The zero-order valence-corrected chi connectivity index (χ0v) is 18.3. The predicted octanol–water partition coefficient (Wildman–Crippen LogP) is 4.73. The van der Waals surface area contributed by atoms with Crippen LogP contribution < -0.4 is 0 Å². The summed E-state index contributed by atoms with van der Waals surface area (Å²) in [6.45, 7) is 10.4. The lowest BCUT2D eigenvalue weighted by atomic mass is 9.62. The van der Waals surface area contributed by atoms with Crippen molar-refractivity contribution >= 4 is 5.97 Å². The van der Waals surface area contributed by atoms with E-state index in [1.54, 1.807) is 0 Å². The maximum absolute atomic E-state index is 11.4. The number of aliphatic hydroxyl groups is 1. The van der Waals surface area contributed by atoms with E-state index in [9.17, 15) is 9.90 Å². The lowest BCUT2D eigenvalue weighted by Gasteiger charge is -2.49. The zero-order valence-electron chi connectivity index (χ0n) is 18.3. The number of rotatable bonds is 7. The maximum atomic E-state index is 11.4. The molecule has 1 aliphatic carbocycles. The van der Waals surface area contributed by atoms with Crippen LogP contribution in [-0.2, 0) is 9.53 Å². The molecule has 0 amide bonds. The summed E-state index contributed by atoms with van der Waals surface area (Å²) in [5.41, 5.74) is 1.76. The van der Waals surface area contributed by atoms with Crippen molar-refractivity contribution in [1.29, 1.82) is 0 Å². The third kappa shape index (κ3) is 6.19. The summed E-state index contributed by atoms with van der Waals surface area (Å²) in [6, 6.07) is 8.08. The molecule has 2 N–H and O–H groups in total. The number of hydrogen-bond acceptors (Lipinski definition) is 3. The second kappa shape index (κ2) is 9.61. The second-order valence-electron chi connectivity index (χ2n) is 9.06. The Kier molecular flexibility index (Phi) is 7.68. The van der Waals surface area contributed by atoms with Crippen LogP contribution in [-0.4, -0.2) is 34.5 Å². The molecule has 1 unspecified atom stereocenters. The monoisotopic (exact) mass is 398 g/mol. The van der Waals surface area contributed by atoms with Gasteiger partial charge in [-0.15, -0.1) is 0 Å². The van der Waals surface area contributed by atoms with E-state index in [1.165, 1.54) is 5.56 Å². The van der Waals surface area contributed by atoms with Crippen LogP contribution in [0, 0.1) is 30.1 Å². The van der Waals surface area contributed by atoms with Crippen LogP contribution in [0.2, 0.25) is 0 Å². The number of carbonyl (C=O) groups is 1. The van der Waals surface area contributed by atoms with Gasteiger partial charge in [0.15, 0.2) is 0 Å². The number of ether oxygens (including phenoxy) is 1. The fourth-order valence-electron chi connectivity index (χ4n) is 4.10. The number of carboxylic acids is 1. The Bertz CT molecular complexity index is 794.